The molecule has 1 saturated carbocycles. The SMILES string of the molecule is COc1ccc(N2C(=O)C3Sc4ccccc4C3=[N+](CC(=O)NC3CCCCC3)C2=O)cc1. The second kappa shape index (κ2) is 9.02. The van der Waals surface area contributed by atoms with E-state index in [1.54, 1.807) is 31.4 Å². The number of fused-ring (bicyclic) bond motifs is 3. The van der Waals surface area contributed by atoms with E-state index in [1.165, 1.54) is 27.7 Å². The van der Waals surface area contributed by atoms with Gasteiger partial charge in [0.2, 0.25) is 0 Å². The summed E-state index contributed by atoms with van der Waals surface area (Å²) >= 11 is 1.42. The zero-order chi connectivity index (χ0) is 22.9. The Balaban J connectivity index is 1.51. The Hall–Kier alpha value is -3.13. The molecule has 0 aromatic heterocycles. The van der Waals surface area contributed by atoms with E-state index in [0.29, 0.717) is 17.1 Å². The Morgan fingerprint density at radius 2 is 1.82 bits per heavy atom. The third kappa shape index (κ3) is 4.04. The molecular formula is C25H26N3O4S+. The third-order valence-electron chi connectivity index (χ3n) is 6.42. The fourth-order valence-electron chi connectivity index (χ4n) is 4.78. The highest BCUT2D eigenvalue weighted by Crippen LogP contribution is 2.41. The highest BCUT2D eigenvalue weighted by Gasteiger charge is 2.53. The van der Waals surface area contributed by atoms with E-state index in [0.717, 1.165) is 36.1 Å². The van der Waals surface area contributed by atoms with Crippen LogP contribution >= 0.6 is 11.8 Å². The van der Waals surface area contributed by atoms with Gasteiger partial charge in [-0.25, -0.2) is 4.79 Å². The molecular weight excluding hydrogens is 438 g/mol. The summed E-state index contributed by atoms with van der Waals surface area (Å²) in [5, 5.41) is 2.52. The van der Waals surface area contributed by atoms with Crippen molar-refractivity contribution in [2.45, 2.75) is 48.3 Å². The zero-order valence-corrected chi connectivity index (χ0v) is 19.3. The van der Waals surface area contributed by atoms with Crippen LogP contribution in [0, 0.1) is 0 Å². The van der Waals surface area contributed by atoms with Gasteiger partial charge >= 0.3 is 11.9 Å². The Labute approximate surface area is 196 Å². The van der Waals surface area contributed by atoms with Crippen LogP contribution in [0.1, 0.15) is 37.7 Å². The molecule has 1 unspecified atom stereocenters. The largest absolute Gasteiger partial charge is 0.506 e. The van der Waals surface area contributed by atoms with Crippen LogP contribution in [0.3, 0.4) is 0 Å². The molecule has 170 valence electrons. The first kappa shape index (κ1) is 21.7. The molecule has 1 N–H and O–H groups in total. The van der Waals surface area contributed by atoms with Gasteiger partial charge in [-0.15, -0.1) is 16.7 Å². The first-order valence-corrected chi connectivity index (χ1v) is 12.2. The molecule has 7 nitrogen and oxygen atoms in total. The van der Waals surface area contributed by atoms with Crippen molar-refractivity contribution in [1.29, 1.82) is 0 Å². The summed E-state index contributed by atoms with van der Waals surface area (Å²) in [4.78, 5) is 42.3. The third-order valence-corrected chi connectivity index (χ3v) is 7.69. The van der Waals surface area contributed by atoms with Gasteiger partial charge in [-0.1, -0.05) is 31.4 Å². The van der Waals surface area contributed by atoms with Crippen molar-refractivity contribution >= 4 is 41.0 Å². The fourth-order valence-corrected chi connectivity index (χ4v) is 6.06. The lowest BCUT2D eigenvalue weighted by atomic mass is 9.95. The molecule has 4 amide bonds. The van der Waals surface area contributed by atoms with Crippen LogP contribution in [0.15, 0.2) is 53.4 Å². The predicted octanol–water partition coefficient (Wildman–Crippen LogP) is 3.59. The molecule has 0 bridgehead atoms. The Morgan fingerprint density at radius 1 is 1.09 bits per heavy atom. The van der Waals surface area contributed by atoms with Gasteiger partial charge in [0.05, 0.1) is 7.11 Å². The average molecular weight is 465 g/mol. The van der Waals surface area contributed by atoms with Gasteiger partial charge in [0.25, 0.3) is 5.91 Å². The molecule has 2 aromatic carbocycles. The summed E-state index contributed by atoms with van der Waals surface area (Å²) in [5.41, 5.74) is 1.90. The summed E-state index contributed by atoms with van der Waals surface area (Å²) in [6.45, 7) is -0.115. The number of urea groups is 1. The predicted molar refractivity (Wildman–Crippen MR) is 126 cm³/mol. The normalized spacial score (nSPS) is 20.5. The summed E-state index contributed by atoms with van der Waals surface area (Å²) in [6.07, 6.45) is 5.35. The maximum absolute atomic E-state index is 13.7. The van der Waals surface area contributed by atoms with Crippen molar-refractivity contribution in [3.8, 4) is 5.75 Å². The molecule has 1 atom stereocenters. The monoisotopic (exact) mass is 464 g/mol. The molecule has 1 aliphatic carbocycles. The Kier molecular flexibility index (Phi) is 5.93. The molecule has 3 aliphatic rings. The highest BCUT2D eigenvalue weighted by atomic mass is 32.2. The van der Waals surface area contributed by atoms with Crippen LogP contribution < -0.4 is 15.0 Å². The average Bonchev–Trinajstić information content (AvgIpc) is 3.23. The van der Waals surface area contributed by atoms with Gasteiger partial charge in [0.15, 0.2) is 11.8 Å². The molecule has 0 spiro atoms. The molecule has 2 heterocycles. The topological polar surface area (TPSA) is 78.7 Å². The van der Waals surface area contributed by atoms with Crippen LogP contribution in [-0.4, -0.2) is 53.1 Å². The highest BCUT2D eigenvalue weighted by molar-refractivity contribution is 8.02. The van der Waals surface area contributed by atoms with Crippen LogP contribution in [0.25, 0.3) is 0 Å². The molecule has 5 rings (SSSR count). The van der Waals surface area contributed by atoms with Crippen LogP contribution in [0.4, 0.5) is 10.5 Å². The maximum atomic E-state index is 13.7. The minimum absolute atomic E-state index is 0.115. The van der Waals surface area contributed by atoms with E-state index in [9.17, 15) is 14.4 Å². The minimum atomic E-state index is -0.579. The number of methoxy groups -OCH3 is 1. The van der Waals surface area contributed by atoms with Gasteiger partial charge in [-0.2, -0.15) is 9.37 Å². The smallest absolute Gasteiger partial charge is 0.497 e. The molecule has 0 saturated heterocycles. The van der Waals surface area contributed by atoms with Crippen LogP contribution in [0.2, 0.25) is 0 Å². The molecule has 2 aliphatic heterocycles. The summed E-state index contributed by atoms with van der Waals surface area (Å²) in [5.74, 6) is 0.138. The molecule has 2 aromatic rings. The van der Waals surface area contributed by atoms with Crippen molar-refractivity contribution < 1.29 is 23.7 Å². The number of benzene rings is 2. The van der Waals surface area contributed by atoms with Crippen molar-refractivity contribution in [1.82, 2.24) is 5.32 Å². The van der Waals surface area contributed by atoms with Gasteiger partial charge in [-0.3, -0.25) is 4.79 Å². The number of hydrogen-bond donors (Lipinski definition) is 1. The van der Waals surface area contributed by atoms with E-state index >= 15 is 0 Å². The summed E-state index contributed by atoms with van der Waals surface area (Å²) in [7, 11) is 1.56. The Morgan fingerprint density at radius 3 is 2.55 bits per heavy atom. The molecule has 8 heteroatoms. The van der Waals surface area contributed by atoms with Crippen molar-refractivity contribution in [2.24, 2.45) is 0 Å². The molecule has 0 radical (unpaired) electrons. The lowest BCUT2D eigenvalue weighted by molar-refractivity contribution is -0.416. The lowest BCUT2D eigenvalue weighted by Crippen LogP contribution is -2.57. The molecule has 33 heavy (non-hydrogen) atoms. The number of carbonyl (C=O) groups excluding carboxylic acids is 3. The number of rotatable bonds is 5. The van der Waals surface area contributed by atoms with E-state index in [-0.39, 0.29) is 24.4 Å². The first-order valence-electron chi connectivity index (χ1n) is 11.3. The number of amides is 4. The molecule has 1 fully saturated rings. The van der Waals surface area contributed by atoms with Gasteiger partial charge in [0.1, 0.15) is 17.1 Å². The van der Waals surface area contributed by atoms with Crippen molar-refractivity contribution in [2.75, 3.05) is 18.6 Å². The number of imide groups is 1. The summed E-state index contributed by atoms with van der Waals surface area (Å²) in [6, 6.07) is 14.1. The van der Waals surface area contributed by atoms with Crippen molar-refractivity contribution in [3.05, 3.63) is 54.1 Å². The van der Waals surface area contributed by atoms with Gasteiger partial charge in [0, 0.05) is 16.5 Å². The van der Waals surface area contributed by atoms with Gasteiger partial charge in [-0.05, 0) is 49.2 Å². The lowest BCUT2D eigenvalue weighted by Gasteiger charge is -2.26. The summed E-state index contributed by atoms with van der Waals surface area (Å²) < 4.78 is 6.69. The van der Waals surface area contributed by atoms with Crippen LogP contribution in [-0.2, 0) is 9.59 Å². The minimum Gasteiger partial charge on any atom is -0.497 e. The zero-order valence-electron chi connectivity index (χ0n) is 18.5. The van der Waals surface area contributed by atoms with Crippen LogP contribution in [0.5, 0.6) is 5.75 Å². The number of anilines is 1. The second-order valence-electron chi connectivity index (χ2n) is 8.52. The number of hydrogen-bond acceptors (Lipinski definition) is 5. The standard InChI is InChI=1S/C25H25N3O4S/c1-32-18-13-11-17(12-14-18)28-24(30)23-22(19-9-5-6-10-20(19)33-23)27(25(28)31)15-21(29)26-16-7-3-2-4-8-16/h5-6,9-14,16,23H,2-4,7-8,15H2,1H3/p+1. The number of ether oxygens (including phenoxy) is 1. The number of carbonyl (C=O) groups is 3. The quantitative estimate of drug-likeness (QED) is 0.685. The van der Waals surface area contributed by atoms with Crippen molar-refractivity contribution in [3.63, 3.8) is 0 Å². The fraction of sp³-hybridized carbons (Fsp3) is 0.360. The van der Waals surface area contributed by atoms with E-state index in [4.69, 9.17) is 4.74 Å². The maximum Gasteiger partial charge on any atom is 0.506 e. The number of nitrogens with one attached hydrogen (secondary N) is 1. The second-order valence-corrected chi connectivity index (χ2v) is 9.67. The number of nitrogens with zero attached hydrogens (tertiary/aromatic N) is 2. The van der Waals surface area contributed by atoms with E-state index in [1.807, 2.05) is 24.3 Å². The number of thioether (sulfide) groups is 1. The van der Waals surface area contributed by atoms with E-state index < -0.39 is 11.3 Å². The first-order chi connectivity index (χ1) is 16.1. The van der Waals surface area contributed by atoms with E-state index in [2.05, 4.69) is 5.32 Å². The Bertz CT molecular complexity index is 1140. The van der Waals surface area contributed by atoms with Gasteiger partial charge < -0.3 is 10.1 Å².